The van der Waals surface area contributed by atoms with Crippen LogP contribution in [0.2, 0.25) is 0 Å². The summed E-state index contributed by atoms with van der Waals surface area (Å²) in [6.07, 6.45) is 2.71. The maximum Gasteiger partial charge on any atom is 0.163 e. The van der Waals surface area contributed by atoms with Gasteiger partial charge in [0, 0.05) is 12.0 Å². The molecule has 0 aliphatic heterocycles. The predicted molar refractivity (Wildman–Crippen MR) is 83.2 cm³/mol. The van der Waals surface area contributed by atoms with Crippen LogP contribution < -0.4 is 0 Å². The molecule has 1 aliphatic carbocycles. The molecule has 1 heteroatoms. The molecule has 2 aromatic rings. The topological polar surface area (TPSA) is 17.1 Å². The molecule has 0 N–H and O–H groups in total. The van der Waals surface area contributed by atoms with E-state index < -0.39 is 0 Å². The number of Topliss-reactive ketones (excluding diaryl/α,β-unsaturated/α-hetero) is 1. The van der Waals surface area contributed by atoms with E-state index in [1.807, 2.05) is 12.1 Å². The smallest absolute Gasteiger partial charge is 0.163 e. The van der Waals surface area contributed by atoms with Gasteiger partial charge in [-0.15, -0.1) is 0 Å². The van der Waals surface area contributed by atoms with Gasteiger partial charge in [-0.1, -0.05) is 56.3 Å². The van der Waals surface area contributed by atoms with Gasteiger partial charge < -0.3 is 0 Å². The van der Waals surface area contributed by atoms with Gasteiger partial charge in [0.25, 0.3) is 0 Å². The van der Waals surface area contributed by atoms with Crippen molar-refractivity contribution in [3.8, 4) is 11.1 Å². The highest BCUT2D eigenvalue weighted by Crippen LogP contribution is 2.33. The number of hydrogen-bond acceptors (Lipinski definition) is 1. The molecule has 0 aromatic heterocycles. The van der Waals surface area contributed by atoms with Crippen molar-refractivity contribution in [2.75, 3.05) is 0 Å². The minimum absolute atomic E-state index is 0.290. The highest BCUT2D eigenvalue weighted by Gasteiger charge is 2.22. The molecule has 0 saturated carbocycles. The van der Waals surface area contributed by atoms with E-state index in [0.717, 1.165) is 18.4 Å². The van der Waals surface area contributed by atoms with Gasteiger partial charge in [0.2, 0.25) is 0 Å². The van der Waals surface area contributed by atoms with E-state index in [1.54, 1.807) is 0 Å². The molecule has 0 heterocycles. The second-order valence-corrected chi connectivity index (χ2v) is 5.69. The van der Waals surface area contributed by atoms with Crippen LogP contribution in [0.4, 0.5) is 0 Å². The van der Waals surface area contributed by atoms with Crippen LogP contribution in [0.1, 0.15) is 54.1 Å². The third kappa shape index (κ3) is 2.18. The standard InChI is InChI=1S/C19H20O/c1-3-13(2)14-7-9-15(10-8-14)16-5-4-6-18-17(16)11-12-19(18)20/h4-10,13H,3,11-12H2,1-2H3. The quantitative estimate of drug-likeness (QED) is 0.762. The lowest BCUT2D eigenvalue weighted by atomic mass is 9.93. The van der Waals surface area contributed by atoms with Crippen LogP contribution >= 0.6 is 0 Å². The van der Waals surface area contributed by atoms with Crippen LogP contribution in [0.15, 0.2) is 42.5 Å². The maximum atomic E-state index is 11.8. The van der Waals surface area contributed by atoms with Gasteiger partial charge in [-0.25, -0.2) is 0 Å². The van der Waals surface area contributed by atoms with Gasteiger partial charge in [0.15, 0.2) is 5.78 Å². The highest BCUT2D eigenvalue weighted by molar-refractivity contribution is 6.02. The molecule has 0 spiro atoms. The molecule has 1 unspecified atom stereocenters. The third-order valence-corrected chi connectivity index (χ3v) is 4.48. The minimum Gasteiger partial charge on any atom is -0.294 e. The monoisotopic (exact) mass is 264 g/mol. The van der Waals surface area contributed by atoms with Crippen LogP contribution in [-0.2, 0) is 6.42 Å². The fraction of sp³-hybridized carbons (Fsp3) is 0.316. The minimum atomic E-state index is 0.290. The zero-order valence-corrected chi connectivity index (χ0v) is 12.1. The van der Waals surface area contributed by atoms with Gasteiger partial charge in [-0.3, -0.25) is 4.79 Å². The van der Waals surface area contributed by atoms with Crippen molar-refractivity contribution in [2.24, 2.45) is 0 Å². The van der Waals surface area contributed by atoms with Crippen LogP contribution in [0.25, 0.3) is 11.1 Å². The molecule has 1 atom stereocenters. The SMILES string of the molecule is CCC(C)c1ccc(-c2cccc3c2CCC3=O)cc1. The molecular formula is C19H20O. The van der Waals surface area contributed by atoms with Crippen LogP contribution in [0.3, 0.4) is 0 Å². The Kier molecular flexibility index (Phi) is 3.43. The molecule has 102 valence electrons. The van der Waals surface area contributed by atoms with Crippen molar-refractivity contribution in [1.82, 2.24) is 0 Å². The molecule has 1 aliphatic rings. The summed E-state index contributed by atoms with van der Waals surface area (Å²) in [6.45, 7) is 4.47. The highest BCUT2D eigenvalue weighted by atomic mass is 16.1. The summed E-state index contributed by atoms with van der Waals surface area (Å²) in [5.41, 5.74) is 6.00. The molecule has 0 amide bonds. The predicted octanol–water partition coefficient (Wildman–Crippen LogP) is 5.00. The van der Waals surface area contributed by atoms with Gasteiger partial charge in [0.1, 0.15) is 0 Å². The molecule has 0 fully saturated rings. The summed E-state index contributed by atoms with van der Waals surface area (Å²) >= 11 is 0. The first-order chi connectivity index (χ1) is 9.70. The molecule has 0 bridgehead atoms. The first-order valence-corrected chi connectivity index (χ1v) is 7.46. The van der Waals surface area contributed by atoms with E-state index in [2.05, 4.69) is 44.2 Å². The second kappa shape index (κ2) is 5.24. The van der Waals surface area contributed by atoms with Crippen LogP contribution in [0.5, 0.6) is 0 Å². The van der Waals surface area contributed by atoms with E-state index >= 15 is 0 Å². The number of carbonyl (C=O) groups is 1. The zero-order chi connectivity index (χ0) is 14.1. The molecular weight excluding hydrogens is 244 g/mol. The first-order valence-electron chi connectivity index (χ1n) is 7.46. The Labute approximate surface area is 120 Å². The van der Waals surface area contributed by atoms with E-state index in [0.29, 0.717) is 12.3 Å². The largest absolute Gasteiger partial charge is 0.294 e. The Balaban J connectivity index is 2.00. The zero-order valence-electron chi connectivity index (χ0n) is 12.1. The summed E-state index contributed by atoms with van der Waals surface area (Å²) in [5.74, 6) is 0.894. The third-order valence-electron chi connectivity index (χ3n) is 4.48. The average Bonchev–Trinajstić information content (AvgIpc) is 2.88. The Bertz CT molecular complexity index is 637. The van der Waals surface area contributed by atoms with Crippen molar-refractivity contribution in [2.45, 2.75) is 39.0 Å². The second-order valence-electron chi connectivity index (χ2n) is 5.69. The van der Waals surface area contributed by atoms with Crippen molar-refractivity contribution in [1.29, 1.82) is 0 Å². The number of carbonyl (C=O) groups excluding carboxylic acids is 1. The van der Waals surface area contributed by atoms with Crippen molar-refractivity contribution >= 4 is 5.78 Å². The van der Waals surface area contributed by atoms with Gasteiger partial charge in [-0.05, 0) is 41.0 Å². The first kappa shape index (κ1) is 13.1. The summed E-state index contributed by atoms with van der Waals surface area (Å²) in [7, 11) is 0. The van der Waals surface area contributed by atoms with E-state index in [4.69, 9.17) is 0 Å². The normalized spacial score (nSPS) is 15.2. The maximum absolute atomic E-state index is 11.8. The molecule has 0 radical (unpaired) electrons. The molecule has 2 aromatic carbocycles. The Hall–Kier alpha value is -1.89. The van der Waals surface area contributed by atoms with E-state index in [9.17, 15) is 4.79 Å². The molecule has 1 nitrogen and oxygen atoms in total. The van der Waals surface area contributed by atoms with E-state index in [-0.39, 0.29) is 5.78 Å². The number of rotatable bonds is 3. The van der Waals surface area contributed by atoms with Crippen molar-refractivity contribution < 1.29 is 4.79 Å². The number of hydrogen-bond donors (Lipinski definition) is 0. The average molecular weight is 264 g/mol. The van der Waals surface area contributed by atoms with Crippen LogP contribution in [-0.4, -0.2) is 5.78 Å². The number of ketones is 1. The lowest BCUT2D eigenvalue weighted by molar-refractivity contribution is 0.0994. The number of benzene rings is 2. The Morgan fingerprint density at radius 2 is 1.70 bits per heavy atom. The lowest BCUT2D eigenvalue weighted by Gasteiger charge is -2.12. The summed E-state index contributed by atoms with van der Waals surface area (Å²) < 4.78 is 0. The summed E-state index contributed by atoms with van der Waals surface area (Å²) in [5, 5.41) is 0. The number of fused-ring (bicyclic) bond motifs is 1. The fourth-order valence-corrected chi connectivity index (χ4v) is 2.99. The van der Waals surface area contributed by atoms with E-state index in [1.165, 1.54) is 22.3 Å². The summed E-state index contributed by atoms with van der Waals surface area (Å²) in [6, 6.07) is 14.9. The van der Waals surface area contributed by atoms with Gasteiger partial charge in [-0.2, -0.15) is 0 Å². The van der Waals surface area contributed by atoms with Crippen molar-refractivity contribution in [3.63, 3.8) is 0 Å². The molecule has 3 rings (SSSR count). The van der Waals surface area contributed by atoms with Crippen LogP contribution in [0, 0.1) is 0 Å². The lowest BCUT2D eigenvalue weighted by Crippen LogP contribution is -1.93. The van der Waals surface area contributed by atoms with Crippen molar-refractivity contribution in [3.05, 3.63) is 59.2 Å². The fourth-order valence-electron chi connectivity index (χ4n) is 2.99. The molecule has 0 saturated heterocycles. The Morgan fingerprint density at radius 3 is 2.40 bits per heavy atom. The van der Waals surface area contributed by atoms with Gasteiger partial charge in [0.05, 0.1) is 0 Å². The molecule has 20 heavy (non-hydrogen) atoms. The summed E-state index contributed by atoms with van der Waals surface area (Å²) in [4.78, 5) is 11.8. The Morgan fingerprint density at radius 1 is 1.00 bits per heavy atom. The van der Waals surface area contributed by atoms with Gasteiger partial charge >= 0.3 is 0 Å².